The molecule has 2 aliphatic heterocycles. The van der Waals surface area contributed by atoms with Crippen molar-refractivity contribution in [2.75, 3.05) is 13.1 Å². The average molecular weight is 255 g/mol. The number of fused-ring (bicyclic) bond motifs is 3. The number of aryl methyl sites for hydroxylation is 1. The van der Waals surface area contributed by atoms with Gasteiger partial charge in [-0.05, 0) is 30.2 Å². The summed E-state index contributed by atoms with van der Waals surface area (Å²) in [5, 5.41) is 15.9. The maximum Gasteiger partial charge on any atom is 0.252 e. The van der Waals surface area contributed by atoms with Gasteiger partial charge in [-0.15, -0.1) is 12.4 Å². The van der Waals surface area contributed by atoms with Crippen LogP contribution in [0.4, 0.5) is 0 Å². The summed E-state index contributed by atoms with van der Waals surface area (Å²) in [5.41, 5.74) is 2.57. The van der Waals surface area contributed by atoms with Crippen LogP contribution in [0.15, 0.2) is 12.1 Å². The van der Waals surface area contributed by atoms with Crippen LogP contribution in [-0.2, 0) is 0 Å². The first kappa shape index (κ1) is 12.2. The minimum Gasteiger partial charge on any atom is -0.508 e. The summed E-state index contributed by atoms with van der Waals surface area (Å²) in [7, 11) is 0. The second-order valence-electron chi connectivity index (χ2n) is 4.57. The van der Waals surface area contributed by atoms with Crippen LogP contribution in [0.2, 0.25) is 0 Å². The van der Waals surface area contributed by atoms with Gasteiger partial charge in [0.2, 0.25) is 0 Å². The number of carbonyl (C=O) groups is 1. The van der Waals surface area contributed by atoms with Gasteiger partial charge in [-0.25, -0.2) is 0 Å². The molecule has 2 heterocycles. The summed E-state index contributed by atoms with van der Waals surface area (Å²) in [6.45, 7) is 3.53. The Hall–Kier alpha value is -1.26. The van der Waals surface area contributed by atoms with Crippen molar-refractivity contribution in [1.29, 1.82) is 0 Å². The zero-order valence-corrected chi connectivity index (χ0v) is 10.3. The number of phenolic OH excluding ortho intramolecular Hbond substituents is 1. The van der Waals surface area contributed by atoms with Crippen molar-refractivity contribution in [3.8, 4) is 5.75 Å². The highest BCUT2D eigenvalue weighted by molar-refractivity contribution is 5.99. The molecule has 1 aromatic rings. The summed E-state index contributed by atoms with van der Waals surface area (Å²) in [4.78, 5) is 11.9. The lowest BCUT2D eigenvalue weighted by atomic mass is 9.84. The maximum atomic E-state index is 11.9. The van der Waals surface area contributed by atoms with Crippen LogP contribution >= 0.6 is 12.4 Å². The molecule has 0 saturated carbocycles. The van der Waals surface area contributed by atoms with Gasteiger partial charge in [0, 0.05) is 30.6 Å². The van der Waals surface area contributed by atoms with Gasteiger partial charge in [0.25, 0.3) is 5.91 Å². The molecule has 1 amide bonds. The Balaban J connectivity index is 0.00000108. The molecule has 0 aromatic heterocycles. The van der Waals surface area contributed by atoms with E-state index in [1.54, 1.807) is 12.1 Å². The molecule has 0 bridgehead atoms. The van der Waals surface area contributed by atoms with Crippen molar-refractivity contribution in [3.63, 3.8) is 0 Å². The number of aromatic hydroxyl groups is 1. The Morgan fingerprint density at radius 3 is 2.88 bits per heavy atom. The molecule has 5 heteroatoms. The van der Waals surface area contributed by atoms with Crippen LogP contribution in [-0.4, -0.2) is 30.1 Å². The van der Waals surface area contributed by atoms with Gasteiger partial charge in [-0.3, -0.25) is 4.79 Å². The highest BCUT2D eigenvalue weighted by atomic mass is 35.5. The van der Waals surface area contributed by atoms with E-state index < -0.39 is 0 Å². The van der Waals surface area contributed by atoms with Crippen molar-refractivity contribution in [2.24, 2.45) is 0 Å². The Morgan fingerprint density at radius 2 is 2.12 bits per heavy atom. The first-order valence-corrected chi connectivity index (χ1v) is 5.52. The number of carbonyl (C=O) groups excluding carboxylic acids is 1. The standard InChI is InChI=1S/C12H14N2O2.ClH/c1-6-2-7(15)3-8-9-4-13-5-10(9)14-12(16)11(6)8;/h2-3,9-10,13,15H,4-5H2,1H3,(H,14,16);1H/t9-,10+;/m1./s1. The van der Waals surface area contributed by atoms with Crippen LogP contribution in [0, 0.1) is 6.92 Å². The molecule has 2 aliphatic rings. The van der Waals surface area contributed by atoms with Gasteiger partial charge in [0.15, 0.2) is 0 Å². The predicted octanol–water partition coefficient (Wildman–Crippen LogP) is 0.921. The molecule has 17 heavy (non-hydrogen) atoms. The van der Waals surface area contributed by atoms with Crippen LogP contribution in [0.25, 0.3) is 0 Å². The SMILES string of the molecule is Cc1cc(O)cc2c1C(=O)N[C@H]1CNC[C@H]21.Cl. The highest BCUT2D eigenvalue weighted by Crippen LogP contribution is 2.34. The van der Waals surface area contributed by atoms with Crippen molar-refractivity contribution in [3.05, 3.63) is 28.8 Å². The van der Waals surface area contributed by atoms with E-state index in [4.69, 9.17) is 0 Å². The van der Waals surface area contributed by atoms with Gasteiger partial charge in [-0.2, -0.15) is 0 Å². The van der Waals surface area contributed by atoms with E-state index in [1.165, 1.54) is 0 Å². The lowest BCUT2D eigenvalue weighted by Crippen LogP contribution is -2.44. The molecule has 0 spiro atoms. The van der Waals surface area contributed by atoms with Crippen LogP contribution in [0.3, 0.4) is 0 Å². The Kier molecular flexibility index (Phi) is 3.02. The van der Waals surface area contributed by atoms with E-state index in [2.05, 4.69) is 10.6 Å². The quantitative estimate of drug-likeness (QED) is 0.645. The minimum atomic E-state index is -0.0163. The number of halogens is 1. The van der Waals surface area contributed by atoms with E-state index in [0.717, 1.165) is 29.8 Å². The predicted molar refractivity (Wildman–Crippen MR) is 67.0 cm³/mol. The smallest absolute Gasteiger partial charge is 0.252 e. The zero-order valence-electron chi connectivity index (χ0n) is 9.49. The van der Waals surface area contributed by atoms with Gasteiger partial charge in [-0.1, -0.05) is 0 Å². The summed E-state index contributed by atoms with van der Waals surface area (Å²) in [6, 6.07) is 3.54. The number of nitrogens with one attached hydrogen (secondary N) is 2. The number of hydrogen-bond acceptors (Lipinski definition) is 3. The lowest BCUT2D eigenvalue weighted by Gasteiger charge is -2.29. The van der Waals surface area contributed by atoms with Crippen LogP contribution in [0.1, 0.15) is 27.4 Å². The normalized spacial score (nSPS) is 25.6. The minimum absolute atomic E-state index is 0. The molecule has 3 N–H and O–H groups in total. The maximum absolute atomic E-state index is 11.9. The molecule has 92 valence electrons. The van der Waals surface area contributed by atoms with Crippen molar-refractivity contribution >= 4 is 18.3 Å². The summed E-state index contributed by atoms with van der Waals surface area (Å²) >= 11 is 0. The fraction of sp³-hybridized carbons (Fsp3) is 0.417. The van der Waals surface area contributed by atoms with Gasteiger partial charge >= 0.3 is 0 Å². The molecular formula is C12H15ClN2O2. The van der Waals surface area contributed by atoms with Crippen molar-refractivity contribution in [1.82, 2.24) is 10.6 Å². The molecule has 1 saturated heterocycles. The molecule has 1 fully saturated rings. The molecule has 3 rings (SSSR count). The third-order valence-corrected chi connectivity index (χ3v) is 3.51. The zero-order chi connectivity index (χ0) is 11.3. The third kappa shape index (κ3) is 1.77. The number of benzene rings is 1. The van der Waals surface area contributed by atoms with E-state index in [9.17, 15) is 9.90 Å². The number of phenols is 1. The van der Waals surface area contributed by atoms with Crippen molar-refractivity contribution < 1.29 is 9.90 Å². The molecule has 0 radical (unpaired) electrons. The summed E-state index contributed by atoms with van der Waals surface area (Å²) in [5.74, 6) is 0.521. The highest BCUT2D eigenvalue weighted by Gasteiger charge is 2.37. The fourth-order valence-corrected chi connectivity index (χ4v) is 2.80. The summed E-state index contributed by atoms with van der Waals surface area (Å²) in [6.07, 6.45) is 0. The van der Waals surface area contributed by atoms with E-state index in [1.807, 2.05) is 6.92 Å². The summed E-state index contributed by atoms with van der Waals surface area (Å²) < 4.78 is 0. The molecule has 1 aromatic carbocycles. The second-order valence-corrected chi connectivity index (χ2v) is 4.57. The number of hydrogen-bond donors (Lipinski definition) is 3. The molecule has 4 nitrogen and oxygen atoms in total. The van der Waals surface area contributed by atoms with Gasteiger partial charge in [0.05, 0.1) is 0 Å². The lowest BCUT2D eigenvalue weighted by molar-refractivity contribution is 0.0923. The van der Waals surface area contributed by atoms with Crippen LogP contribution in [0.5, 0.6) is 5.75 Å². The van der Waals surface area contributed by atoms with Gasteiger partial charge < -0.3 is 15.7 Å². The topological polar surface area (TPSA) is 61.4 Å². The fourth-order valence-electron chi connectivity index (χ4n) is 2.80. The molecule has 0 aliphatic carbocycles. The van der Waals surface area contributed by atoms with E-state index >= 15 is 0 Å². The monoisotopic (exact) mass is 254 g/mol. The molecule has 2 atom stereocenters. The third-order valence-electron chi connectivity index (χ3n) is 3.51. The number of amides is 1. The van der Waals surface area contributed by atoms with Crippen LogP contribution < -0.4 is 10.6 Å². The average Bonchev–Trinajstić information content (AvgIpc) is 2.64. The Morgan fingerprint density at radius 1 is 1.35 bits per heavy atom. The first-order chi connectivity index (χ1) is 7.66. The molecular weight excluding hydrogens is 240 g/mol. The Labute approximate surface area is 106 Å². The largest absolute Gasteiger partial charge is 0.508 e. The molecule has 0 unspecified atom stereocenters. The van der Waals surface area contributed by atoms with E-state index in [0.29, 0.717) is 5.92 Å². The van der Waals surface area contributed by atoms with Gasteiger partial charge in [0.1, 0.15) is 5.75 Å². The Bertz CT molecular complexity index is 476. The second kappa shape index (κ2) is 4.20. The van der Waals surface area contributed by atoms with E-state index in [-0.39, 0.29) is 30.1 Å². The number of rotatable bonds is 0. The first-order valence-electron chi connectivity index (χ1n) is 5.52. The van der Waals surface area contributed by atoms with Crippen molar-refractivity contribution in [2.45, 2.75) is 18.9 Å².